The number of ether oxygens (including phenoxy) is 2. The first-order chi connectivity index (χ1) is 43.2. The van der Waals surface area contributed by atoms with Crippen molar-refractivity contribution in [1.82, 2.24) is 0 Å². The first kappa shape index (κ1) is 46.2. The molecule has 1 aliphatic heterocycles. The third-order valence-corrected chi connectivity index (χ3v) is 22.6. The Kier molecular flexibility index (Phi) is 8.50. The van der Waals surface area contributed by atoms with E-state index in [1.165, 1.54) is 178 Å². The molecule has 2 radical (unpaired) electrons. The summed E-state index contributed by atoms with van der Waals surface area (Å²) >= 11 is 0. The molecule has 8 bridgehead atoms. The third-order valence-electron chi connectivity index (χ3n) is 22.6. The Balaban J connectivity index is 0.911. The number of hydrogen-bond donors (Lipinski definition) is 0. The fraction of sp³-hybridized carbons (Fsp3) is 0.120. The molecule has 406 valence electrons. The second-order valence-electron chi connectivity index (χ2n) is 25.7. The van der Waals surface area contributed by atoms with Crippen molar-refractivity contribution in [1.29, 1.82) is 0 Å². The lowest BCUT2D eigenvalue weighted by atomic mass is 9.55. The van der Waals surface area contributed by atoms with Gasteiger partial charge in [0.1, 0.15) is 11.5 Å². The van der Waals surface area contributed by atoms with Crippen molar-refractivity contribution in [3.8, 4) is 11.5 Å². The highest BCUT2D eigenvalue weighted by Crippen LogP contribution is 2.73. The van der Waals surface area contributed by atoms with E-state index in [1.54, 1.807) is 0 Å². The minimum absolute atomic E-state index is 0.0503. The van der Waals surface area contributed by atoms with Crippen molar-refractivity contribution in [3.63, 3.8) is 0 Å². The van der Waals surface area contributed by atoms with Gasteiger partial charge in [-0.2, -0.15) is 0 Å². The lowest BCUT2D eigenvalue weighted by molar-refractivity contribution is 0.398. The summed E-state index contributed by atoms with van der Waals surface area (Å²) in [6.45, 7) is 4.63. The van der Waals surface area contributed by atoms with Gasteiger partial charge in [0.25, 0.3) is 0 Å². The molecule has 0 spiro atoms. The monoisotopic (exact) mass is 1110 g/mol. The smallest absolute Gasteiger partial charge is 0.218 e. The number of methoxy groups -OCH3 is 2. The lowest BCUT2D eigenvalue weighted by Crippen LogP contribution is -2.38. The van der Waals surface area contributed by atoms with Crippen molar-refractivity contribution in [3.05, 3.63) is 382 Å². The summed E-state index contributed by atoms with van der Waals surface area (Å²) in [5.41, 5.74) is 39.8. The topological polar surface area (TPSA) is 24.9 Å². The molecule has 0 saturated heterocycles. The molecule has 0 aromatic heterocycles. The van der Waals surface area contributed by atoms with Crippen molar-refractivity contribution in [2.75, 3.05) is 24.0 Å². The molecule has 14 aliphatic rings. The van der Waals surface area contributed by atoms with Gasteiger partial charge < -0.3 is 19.3 Å². The van der Waals surface area contributed by atoms with Crippen LogP contribution in [0.5, 0.6) is 11.5 Å². The van der Waals surface area contributed by atoms with Gasteiger partial charge in [-0.25, -0.2) is 0 Å². The van der Waals surface area contributed by atoms with Gasteiger partial charge >= 0.3 is 0 Å². The van der Waals surface area contributed by atoms with E-state index in [0.717, 1.165) is 11.5 Å². The van der Waals surface area contributed by atoms with Crippen molar-refractivity contribution in [2.45, 2.75) is 47.3 Å². The summed E-state index contributed by atoms with van der Waals surface area (Å²) in [6.07, 6.45) is 0. The summed E-state index contributed by atoms with van der Waals surface area (Å²) < 4.78 is 14.4. The van der Waals surface area contributed by atoms with Gasteiger partial charge in [0.05, 0.1) is 37.0 Å². The molecule has 1 heterocycles. The Labute approximate surface area is 504 Å². The Bertz CT molecular complexity index is 4510. The molecule has 0 N–H and O–H groups in total. The Morgan fingerprint density at radius 3 is 0.667 bits per heavy atom. The highest BCUT2D eigenvalue weighted by atomic mass is 16.5. The molecule has 12 aromatic rings. The highest BCUT2D eigenvalue weighted by molar-refractivity contribution is 6.22. The predicted octanol–water partition coefficient (Wildman–Crippen LogP) is 18.0. The summed E-state index contributed by atoms with van der Waals surface area (Å²) in [5.74, 6) is 1.55. The number of hydrogen-bond acceptors (Lipinski definition) is 4. The van der Waals surface area contributed by atoms with Crippen LogP contribution in [0, 0.1) is 6.67 Å². The van der Waals surface area contributed by atoms with E-state index in [0.29, 0.717) is 0 Å². The standard InChI is InChI=1S/C83H52N2O2/c1-86-82-74-66-51-31-11-3-23-43(51)62(44-24-4-12-32-52(44)66)70(74)80(71-63-45-25-5-13-33-53(45)67(75(71)82)54-34-14-6-26-46(54)63)84-41-85(79-60-40-20-22-42-21-19-39-59(61(42)60)78(79)84)81-72-64-47-27-7-15-35-55(47)68(56-36-16-8-28-48(56)64)76(72)83(87-2)77-69-57-37-17-9-29-49(57)65(73(77)81)50-30-10-18-38-58(50)69/h3-40,62-69H,1-2H3. The van der Waals surface area contributed by atoms with Gasteiger partial charge in [0.15, 0.2) is 0 Å². The van der Waals surface area contributed by atoms with Gasteiger partial charge in [-0.1, -0.05) is 231 Å². The molecular weight excluding hydrogens is 1060 g/mol. The zero-order valence-corrected chi connectivity index (χ0v) is 47.8. The summed E-state index contributed by atoms with van der Waals surface area (Å²) in [7, 11) is 3.90. The van der Waals surface area contributed by atoms with Crippen LogP contribution in [0.3, 0.4) is 0 Å². The third kappa shape index (κ3) is 5.21. The average molecular weight is 1110 g/mol. The van der Waals surface area contributed by atoms with E-state index in [9.17, 15) is 0 Å². The SMILES string of the molecule is COc1c2c(c(N3[C]N(c4c5c(c(OC)c6c4C4c7ccccc7C6c6ccccc64)C4c6ccccc6C5c5ccccc54)C4=C3c3cccc5cccc4c35)c3c1C1c4ccccc4C3c3ccccc31)C1c3ccccc3C2c2ccccc21. The summed E-state index contributed by atoms with van der Waals surface area (Å²) in [5, 5.41) is 2.53. The summed E-state index contributed by atoms with van der Waals surface area (Å²) in [6, 6.07) is 88.7. The fourth-order valence-electron chi connectivity index (χ4n) is 19.9. The molecule has 0 fully saturated rings. The minimum Gasteiger partial charge on any atom is -0.496 e. The van der Waals surface area contributed by atoms with E-state index in [-0.39, 0.29) is 47.3 Å². The maximum atomic E-state index is 7.21. The zero-order valence-electron chi connectivity index (χ0n) is 47.8. The predicted molar refractivity (Wildman–Crippen MR) is 344 cm³/mol. The summed E-state index contributed by atoms with van der Waals surface area (Å²) in [4.78, 5) is 5.29. The van der Waals surface area contributed by atoms with Crippen molar-refractivity contribution in [2.24, 2.45) is 0 Å². The van der Waals surface area contributed by atoms with Crippen LogP contribution in [-0.2, 0) is 0 Å². The molecule has 4 heteroatoms. The first-order valence-corrected chi connectivity index (χ1v) is 31.1. The number of anilines is 2. The van der Waals surface area contributed by atoms with E-state index >= 15 is 0 Å². The molecule has 4 nitrogen and oxygen atoms in total. The minimum atomic E-state index is -0.0778. The van der Waals surface area contributed by atoms with Crippen molar-refractivity contribution < 1.29 is 9.47 Å². The lowest BCUT2D eigenvalue weighted by Gasteiger charge is -2.51. The van der Waals surface area contributed by atoms with Crippen LogP contribution in [-0.4, -0.2) is 14.2 Å². The molecule has 87 heavy (non-hydrogen) atoms. The Morgan fingerprint density at radius 1 is 0.253 bits per heavy atom. The molecule has 0 atom stereocenters. The molecular formula is C83H52N2O2. The molecule has 26 rings (SSSR count). The second-order valence-corrected chi connectivity index (χ2v) is 25.7. The van der Waals surface area contributed by atoms with Gasteiger partial charge in [-0.3, -0.25) is 0 Å². The van der Waals surface area contributed by atoms with Gasteiger partial charge in [-0.15, -0.1) is 0 Å². The average Bonchev–Trinajstić information content (AvgIpc) is 1.55. The van der Waals surface area contributed by atoms with Gasteiger partial charge in [-0.05, 0) is 117 Å². The first-order valence-electron chi connectivity index (χ1n) is 31.1. The zero-order chi connectivity index (χ0) is 56.4. The molecule has 0 saturated carbocycles. The normalized spacial score (nSPS) is 22.2. The highest BCUT2D eigenvalue weighted by Gasteiger charge is 2.58. The van der Waals surface area contributed by atoms with E-state index in [4.69, 9.17) is 9.47 Å². The van der Waals surface area contributed by atoms with Crippen LogP contribution >= 0.6 is 0 Å². The van der Waals surface area contributed by atoms with Crippen LogP contribution in [0.1, 0.15) is 192 Å². The quantitative estimate of drug-likeness (QED) is 0.175. The van der Waals surface area contributed by atoms with Crippen LogP contribution in [0.2, 0.25) is 0 Å². The number of nitrogens with zero attached hydrogens (tertiary/aromatic N) is 2. The van der Waals surface area contributed by atoms with E-state index < -0.39 is 0 Å². The largest absolute Gasteiger partial charge is 0.496 e. The number of benzene rings is 12. The molecule has 12 aromatic carbocycles. The van der Waals surface area contributed by atoms with E-state index in [1.807, 2.05) is 14.2 Å². The van der Waals surface area contributed by atoms with Crippen LogP contribution < -0.4 is 19.3 Å². The molecule has 0 amide bonds. The Morgan fingerprint density at radius 2 is 0.460 bits per heavy atom. The number of rotatable bonds is 4. The van der Waals surface area contributed by atoms with Crippen LogP contribution in [0.4, 0.5) is 11.4 Å². The molecule has 0 unspecified atom stereocenters. The van der Waals surface area contributed by atoms with Gasteiger partial charge in [0.2, 0.25) is 6.67 Å². The maximum absolute atomic E-state index is 7.21. The van der Waals surface area contributed by atoms with Crippen LogP contribution in [0.15, 0.2) is 231 Å². The fourth-order valence-corrected chi connectivity index (χ4v) is 19.9. The second kappa shape index (κ2) is 16.0. The number of fused-ring (bicyclic) bond motifs is 2. The Hall–Kier alpha value is -10.2. The maximum Gasteiger partial charge on any atom is 0.218 e. The van der Waals surface area contributed by atoms with E-state index in [2.05, 4.69) is 247 Å². The van der Waals surface area contributed by atoms with Crippen molar-refractivity contribution >= 4 is 33.5 Å². The van der Waals surface area contributed by atoms with Gasteiger partial charge in [0, 0.05) is 86.1 Å². The van der Waals surface area contributed by atoms with Crippen LogP contribution in [0.25, 0.3) is 22.2 Å². The molecule has 13 aliphatic carbocycles.